The molecule has 0 aromatic carbocycles. The van der Waals surface area contributed by atoms with Crippen LogP contribution in [-0.2, 0) is 9.53 Å². The molecule has 4 rings (SSSR count). The van der Waals surface area contributed by atoms with Crippen LogP contribution >= 0.6 is 0 Å². The highest BCUT2D eigenvalue weighted by molar-refractivity contribution is 5.79. The van der Waals surface area contributed by atoms with Gasteiger partial charge in [0.2, 0.25) is 0 Å². The van der Waals surface area contributed by atoms with Crippen molar-refractivity contribution in [3.05, 3.63) is 0 Å². The molecule has 4 nitrogen and oxygen atoms in total. The van der Waals surface area contributed by atoms with Crippen molar-refractivity contribution in [1.29, 1.82) is 0 Å². The molecule has 0 heterocycles. The Morgan fingerprint density at radius 2 is 1.83 bits per heavy atom. The summed E-state index contributed by atoms with van der Waals surface area (Å²) in [6.07, 6.45) is 7.48. The van der Waals surface area contributed by atoms with Gasteiger partial charge in [-0.15, -0.1) is 0 Å². The van der Waals surface area contributed by atoms with Crippen LogP contribution in [0.25, 0.3) is 0 Å². The van der Waals surface area contributed by atoms with Crippen molar-refractivity contribution in [2.45, 2.75) is 90.9 Å². The van der Waals surface area contributed by atoms with Crippen LogP contribution in [0.15, 0.2) is 0 Å². The Labute approximate surface area is 177 Å². The fourth-order valence-corrected chi connectivity index (χ4v) is 8.94. The molecular weight excluding hydrogens is 362 g/mol. The normalized spacial score (nSPS) is 52.0. The molecular formula is C25H43NO3. The summed E-state index contributed by atoms with van der Waals surface area (Å²) in [6.45, 7) is 9.49. The van der Waals surface area contributed by atoms with Gasteiger partial charge in [0.15, 0.2) is 0 Å². The minimum absolute atomic E-state index is 0.0235. The quantitative estimate of drug-likeness (QED) is 0.763. The number of carbonyl (C=O) groups excluding carboxylic acids is 1. The SMILES string of the molecule is CCOC1C[C@@]2(C)C(CC[C@H]3[C@@H]4CC[C@H](C(C)=O)[C@@]4(C)CC(N(C)C)[C@@H]32)CC1O. The van der Waals surface area contributed by atoms with Gasteiger partial charge < -0.3 is 14.7 Å². The first kappa shape index (κ1) is 21.8. The zero-order valence-electron chi connectivity index (χ0n) is 19.5. The van der Waals surface area contributed by atoms with E-state index in [4.69, 9.17) is 4.74 Å². The second-order valence-corrected chi connectivity index (χ2v) is 11.6. The molecule has 10 atom stereocenters. The van der Waals surface area contributed by atoms with Crippen molar-refractivity contribution in [3.63, 3.8) is 0 Å². The molecule has 166 valence electrons. The van der Waals surface area contributed by atoms with Crippen LogP contribution in [0.4, 0.5) is 0 Å². The third kappa shape index (κ3) is 3.24. The van der Waals surface area contributed by atoms with Gasteiger partial charge in [-0.1, -0.05) is 13.8 Å². The van der Waals surface area contributed by atoms with Gasteiger partial charge in [-0.2, -0.15) is 0 Å². The topological polar surface area (TPSA) is 49.8 Å². The molecule has 4 unspecified atom stereocenters. The minimum atomic E-state index is -0.315. The highest BCUT2D eigenvalue weighted by atomic mass is 16.5. The lowest BCUT2D eigenvalue weighted by molar-refractivity contribution is -0.189. The van der Waals surface area contributed by atoms with Crippen LogP contribution in [0.2, 0.25) is 0 Å². The van der Waals surface area contributed by atoms with E-state index in [0.717, 1.165) is 25.7 Å². The van der Waals surface area contributed by atoms with Crippen molar-refractivity contribution >= 4 is 5.78 Å². The molecule has 4 fully saturated rings. The maximum absolute atomic E-state index is 12.5. The van der Waals surface area contributed by atoms with Gasteiger partial charge in [-0.25, -0.2) is 0 Å². The van der Waals surface area contributed by atoms with Crippen molar-refractivity contribution in [2.24, 2.45) is 40.4 Å². The van der Waals surface area contributed by atoms with Crippen LogP contribution in [-0.4, -0.2) is 54.7 Å². The van der Waals surface area contributed by atoms with E-state index in [9.17, 15) is 9.90 Å². The molecule has 0 saturated heterocycles. The second-order valence-electron chi connectivity index (χ2n) is 11.6. The number of rotatable bonds is 4. The van der Waals surface area contributed by atoms with Gasteiger partial charge in [0.25, 0.3) is 0 Å². The number of aliphatic hydroxyl groups excluding tert-OH is 1. The molecule has 4 aliphatic carbocycles. The second kappa shape index (κ2) is 7.60. The predicted molar refractivity (Wildman–Crippen MR) is 116 cm³/mol. The average molecular weight is 406 g/mol. The van der Waals surface area contributed by atoms with E-state index in [0.29, 0.717) is 42.1 Å². The largest absolute Gasteiger partial charge is 0.390 e. The maximum atomic E-state index is 12.5. The molecule has 29 heavy (non-hydrogen) atoms. The Hall–Kier alpha value is -0.450. The van der Waals surface area contributed by atoms with E-state index in [-0.39, 0.29) is 29.0 Å². The molecule has 0 radical (unpaired) electrons. The lowest BCUT2D eigenvalue weighted by Gasteiger charge is -2.65. The summed E-state index contributed by atoms with van der Waals surface area (Å²) >= 11 is 0. The maximum Gasteiger partial charge on any atom is 0.133 e. The molecule has 0 spiro atoms. The monoisotopic (exact) mass is 405 g/mol. The van der Waals surface area contributed by atoms with Gasteiger partial charge in [0, 0.05) is 18.6 Å². The van der Waals surface area contributed by atoms with E-state index in [1.807, 2.05) is 13.8 Å². The Bertz CT molecular complexity index is 636. The lowest BCUT2D eigenvalue weighted by atomic mass is 9.43. The molecule has 0 bridgehead atoms. The highest BCUT2D eigenvalue weighted by Crippen LogP contribution is 2.68. The summed E-state index contributed by atoms with van der Waals surface area (Å²) in [4.78, 5) is 15.0. The first-order valence-electron chi connectivity index (χ1n) is 12.1. The van der Waals surface area contributed by atoms with Crippen LogP contribution in [0, 0.1) is 40.4 Å². The van der Waals surface area contributed by atoms with Gasteiger partial charge in [-0.3, -0.25) is 4.79 Å². The predicted octanol–water partition coefficient (Wildman–Crippen LogP) is 4.15. The minimum Gasteiger partial charge on any atom is -0.390 e. The highest BCUT2D eigenvalue weighted by Gasteiger charge is 2.64. The first-order valence-corrected chi connectivity index (χ1v) is 12.1. The third-order valence-electron chi connectivity index (χ3n) is 10.1. The molecule has 1 N–H and O–H groups in total. The molecule has 0 amide bonds. The van der Waals surface area contributed by atoms with E-state index in [1.54, 1.807) is 0 Å². The van der Waals surface area contributed by atoms with Crippen LogP contribution in [0.1, 0.15) is 72.6 Å². The molecule has 0 aromatic heterocycles. The van der Waals surface area contributed by atoms with Gasteiger partial charge in [0.05, 0.1) is 12.2 Å². The Morgan fingerprint density at radius 1 is 1.10 bits per heavy atom. The third-order valence-corrected chi connectivity index (χ3v) is 10.1. The fraction of sp³-hybridized carbons (Fsp3) is 0.960. The number of nitrogens with zero attached hydrogens (tertiary/aromatic N) is 1. The molecule has 0 aliphatic heterocycles. The summed E-state index contributed by atoms with van der Waals surface area (Å²) in [5.74, 6) is 3.24. The summed E-state index contributed by atoms with van der Waals surface area (Å²) in [5, 5.41) is 10.7. The number of ether oxygens (including phenoxy) is 1. The van der Waals surface area contributed by atoms with Crippen molar-refractivity contribution in [3.8, 4) is 0 Å². The van der Waals surface area contributed by atoms with Gasteiger partial charge in [0.1, 0.15) is 5.78 Å². The molecule has 4 saturated carbocycles. The number of hydrogen-bond acceptors (Lipinski definition) is 4. The fourth-order valence-electron chi connectivity index (χ4n) is 8.94. The molecule has 0 aromatic rings. The molecule has 4 aliphatic rings. The van der Waals surface area contributed by atoms with Crippen LogP contribution in [0.5, 0.6) is 0 Å². The summed E-state index contributed by atoms with van der Waals surface area (Å²) in [6, 6.07) is 0.506. The lowest BCUT2D eigenvalue weighted by Crippen LogP contribution is -2.63. The van der Waals surface area contributed by atoms with Crippen molar-refractivity contribution < 1.29 is 14.6 Å². The number of ketones is 1. The number of carbonyl (C=O) groups is 1. The Morgan fingerprint density at radius 3 is 2.45 bits per heavy atom. The van der Waals surface area contributed by atoms with Crippen molar-refractivity contribution in [1.82, 2.24) is 4.90 Å². The Balaban J connectivity index is 1.71. The van der Waals surface area contributed by atoms with Crippen molar-refractivity contribution in [2.75, 3.05) is 20.7 Å². The standard InChI is InChI=1S/C25H43NO3/c1-7-29-22-14-24(3)16(12-21(22)28)8-9-17-19-11-10-18(15(2)27)25(19,4)13-20(23(17)24)26(5)6/h16-23,28H,7-14H2,1-6H3/t16?,17-,18+,19-,20?,21?,22?,23+,24-,25+/m0/s1. The number of fused-ring (bicyclic) bond motifs is 5. The van der Waals surface area contributed by atoms with E-state index >= 15 is 0 Å². The number of hydrogen-bond donors (Lipinski definition) is 1. The summed E-state index contributed by atoms with van der Waals surface area (Å²) in [7, 11) is 4.49. The number of aliphatic hydroxyl groups is 1. The van der Waals surface area contributed by atoms with Gasteiger partial charge in [-0.05, 0) is 107 Å². The van der Waals surface area contributed by atoms with E-state index < -0.39 is 0 Å². The van der Waals surface area contributed by atoms with E-state index in [1.165, 1.54) is 19.3 Å². The molecule has 4 heteroatoms. The van der Waals surface area contributed by atoms with Gasteiger partial charge >= 0.3 is 0 Å². The summed E-state index contributed by atoms with van der Waals surface area (Å²) < 4.78 is 6.03. The van der Waals surface area contributed by atoms with E-state index in [2.05, 4.69) is 32.8 Å². The smallest absolute Gasteiger partial charge is 0.133 e. The van der Waals surface area contributed by atoms with Crippen LogP contribution < -0.4 is 0 Å². The number of Topliss-reactive ketones (excluding diaryl/α,β-unsaturated/α-hetero) is 1. The Kier molecular flexibility index (Phi) is 5.71. The zero-order chi connectivity index (χ0) is 21.1. The first-order chi connectivity index (χ1) is 13.6. The van der Waals surface area contributed by atoms with Crippen LogP contribution in [0.3, 0.4) is 0 Å². The zero-order valence-corrected chi connectivity index (χ0v) is 19.5. The average Bonchev–Trinajstić information content (AvgIpc) is 2.99. The summed E-state index contributed by atoms with van der Waals surface area (Å²) in [5.41, 5.74) is 0.366.